The number of hydrogen-bond acceptors (Lipinski definition) is 5. The summed E-state index contributed by atoms with van der Waals surface area (Å²) in [4.78, 5) is 41.4. The van der Waals surface area contributed by atoms with E-state index in [4.69, 9.17) is 4.74 Å². The van der Waals surface area contributed by atoms with Crippen LogP contribution in [0.4, 0.5) is 4.39 Å². The van der Waals surface area contributed by atoms with E-state index >= 15 is 0 Å². The molecule has 1 aliphatic rings. The van der Waals surface area contributed by atoms with Gasteiger partial charge in [-0.15, -0.1) is 11.3 Å². The first kappa shape index (κ1) is 25.5. The van der Waals surface area contributed by atoms with Gasteiger partial charge in [0.2, 0.25) is 11.8 Å². The zero-order chi connectivity index (χ0) is 25.3. The number of ether oxygens (including phenoxy) is 1. The van der Waals surface area contributed by atoms with E-state index < -0.39 is 17.8 Å². The molecule has 2 aromatic carbocycles. The fraction of sp³-hybridized carbons (Fsp3) is 0.296. The molecule has 1 aliphatic heterocycles. The van der Waals surface area contributed by atoms with Crippen molar-refractivity contribution in [3.05, 3.63) is 93.9 Å². The SMILES string of the molecule is O=C(NCC(=O)N(Cc1ccc(F)cc1)[C@@H](C(=O)NC[C@@H]1CCCO1)c1ccccc1)c1cccs1. The third-order valence-electron chi connectivity index (χ3n) is 5.93. The summed E-state index contributed by atoms with van der Waals surface area (Å²) >= 11 is 1.27. The fourth-order valence-corrected chi connectivity index (χ4v) is 4.73. The Labute approximate surface area is 213 Å². The van der Waals surface area contributed by atoms with Crippen molar-refractivity contribution in [3.63, 3.8) is 0 Å². The van der Waals surface area contributed by atoms with Crippen molar-refractivity contribution < 1.29 is 23.5 Å². The number of carbonyl (C=O) groups is 3. The van der Waals surface area contributed by atoms with Crippen molar-refractivity contribution in [3.8, 4) is 0 Å². The molecule has 4 rings (SSSR count). The molecule has 188 valence electrons. The second-order valence-electron chi connectivity index (χ2n) is 8.50. The maximum Gasteiger partial charge on any atom is 0.261 e. The molecule has 1 saturated heterocycles. The quantitative estimate of drug-likeness (QED) is 0.437. The Balaban J connectivity index is 1.58. The maximum absolute atomic E-state index is 13.5. The molecule has 7 nitrogen and oxygen atoms in total. The lowest BCUT2D eigenvalue weighted by Gasteiger charge is -2.32. The monoisotopic (exact) mass is 509 g/mol. The molecule has 1 aromatic heterocycles. The van der Waals surface area contributed by atoms with Crippen LogP contribution in [0.25, 0.3) is 0 Å². The van der Waals surface area contributed by atoms with Gasteiger partial charge in [0, 0.05) is 19.7 Å². The Kier molecular flexibility index (Phi) is 8.80. The first-order valence-corrected chi connectivity index (χ1v) is 12.7. The molecular weight excluding hydrogens is 481 g/mol. The zero-order valence-corrected chi connectivity index (χ0v) is 20.5. The standard InChI is InChI=1S/C27H28FN3O4S/c28-21-12-10-19(11-13-21)18-31(24(32)17-30-26(33)23-9-5-15-36-23)25(20-6-2-1-3-7-20)27(34)29-16-22-8-4-14-35-22/h1-3,5-7,9-13,15,22,25H,4,8,14,16-18H2,(H,29,34)(H,30,33)/t22-,25+/m0/s1. The first-order chi connectivity index (χ1) is 17.5. The van der Waals surface area contributed by atoms with Gasteiger partial charge in [-0.3, -0.25) is 14.4 Å². The number of nitrogens with zero attached hydrogens (tertiary/aromatic N) is 1. The molecule has 0 aliphatic carbocycles. The third kappa shape index (κ3) is 6.77. The summed E-state index contributed by atoms with van der Waals surface area (Å²) in [6.45, 7) is 0.777. The molecule has 2 heterocycles. The Morgan fingerprint density at radius 3 is 2.47 bits per heavy atom. The highest BCUT2D eigenvalue weighted by Gasteiger charge is 2.32. The number of hydrogen-bond donors (Lipinski definition) is 2. The van der Waals surface area contributed by atoms with Crippen LogP contribution in [0.1, 0.15) is 39.7 Å². The number of rotatable bonds is 10. The Morgan fingerprint density at radius 1 is 1.03 bits per heavy atom. The van der Waals surface area contributed by atoms with Crippen molar-refractivity contribution in [2.24, 2.45) is 0 Å². The molecule has 0 bridgehead atoms. The van der Waals surface area contributed by atoms with Crippen LogP contribution in [0.2, 0.25) is 0 Å². The molecule has 0 unspecified atom stereocenters. The maximum atomic E-state index is 13.5. The van der Waals surface area contributed by atoms with Gasteiger partial charge in [-0.25, -0.2) is 4.39 Å². The fourth-order valence-electron chi connectivity index (χ4n) is 4.09. The molecule has 3 amide bonds. The lowest BCUT2D eigenvalue weighted by atomic mass is 10.0. The molecule has 9 heteroatoms. The molecule has 3 aromatic rings. The highest BCUT2D eigenvalue weighted by molar-refractivity contribution is 7.12. The normalized spacial score (nSPS) is 15.8. The van der Waals surface area contributed by atoms with E-state index in [1.807, 2.05) is 6.07 Å². The second-order valence-corrected chi connectivity index (χ2v) is 9.45. The molecule has 2 atom stereocenters. The molecule has 0 saturated carbocycles. The van der Waals surface area contributed by atoms with Crippen LogP contribution >= 0.6 is 11.3 Å². The van der Waals surface area contributed by atoms with Crippen molar-refractivity contribution in [2.75, 3.05) is 19.7 Å². The summed E-state index contributed by atoms with van der Waals surface area (Å²) < 4.78 is 19.2. The van der Waals surface area contributed by atoms with Gasteiger partial charge in [0.05, 0.1) is 17.5 Å². The minimum Gasteiger partial charge on any atom is -0.376 e. The molecule has 0 spiro atoms. The topological polar surface area (TPSA) is 87.7 Å². The average molecular weight is 510 g/mol. The van der Waals surface area contributed by atoms with E-state index in [0.717, 1.165) is 12.8 Å². The number of benzene rings is 2. The number of amides is 3. The summed E-state index contributed by atoms with van der Waals surface area (Å²) in [5.41, 5.74) is 1.28. The Morgan fingerprint density at radius 2 is 1.81 bits per heavy atom. The third-order valence-corrected chi connectivity index (χ3v) is 6.80. The van der Waals surface area contributed by atoms with Gasteiger partial charge < -0.3 is 20.3 Å². The smallest absolute Gasteiger partial charge is 0.261 e. The predicted molar refractivity (Wildman–Crippen MR) is 135 cm³/mol. The minimum absolute atomic E-state index is 0.0564. The summed E-state index contributed by atoms with van der Waals surface area (Å²) in [6.07, 6.45) is 1.75. The van der Waals surface area contributed by atoms with Gasteiger partial charge >= 0.3 is 0 Å². The van der Waals surface area contributed by atoms with Gasteiger partial charge in [0.25, 0.3) is 5.91 Å². The van der Waals surface area contributed by atoms with Crippen LogP contribution in [0, 0.1) is 5.82 Å². The summed E-state index contributed by atoms with van der Waals surface area (Å²) in [5.74, 6) is -1.55. The van der Waals surface area contributed by atoms with Gasteiger partial charge in [-0.05, 0) is 47.5 Å². The number of carbonyl (C=O) groups excluding carboxylic acids is 3. The van der Waals surface area contributed by atoms with E-state index in [1.54, 1.807) is 53.9 Å². The lowest BCUT2D eigenvalue weighted by Crippen LogP contribution is -2.47. The van der Waals surface area contributed by atoms with Crippen LogP contribution in [0.15, 0.2) is 72.1 Å². The number of halogens is 1. The Hall–Kier alpha value is -3.56. The minimum atomic E-state index is -0.955. The second kappa shape index (κ2) is 12.4. The molecule has 0 radical (unpaired) electrons. The van der Waals surface area contributed by atoms with E-state index in [0.29, 0.717) is 29.2 Å². The van der Waals surface area contributed by atoms with E-state index in [-0.39, 0.29) is 31.0 Å². The van der Waals surface area contributed by atoms with E-state index in [9.17, 15) is 18.8 Å². The number of thiophene rings is 1. The van der Waals surface area contributed by atoms with Crippen molar-refractivity contribution in [1.29, 1.82) is 0 Å². The highest BCUT2D eigenvalue weighted by Crippen LogP contribution is 2.24. The van der Waals surface area contributed by atoms with Gasteiger partial charge in [-0.1, -0.05) is 48.5 Å². The van der Waals surface area contributed by atoms with Crippen LogP contribution in [0.5, 0.6) is 0 Å². The van der Waals surface area contributed by atoms with Gasteiger partial charge in [-0.2, -0.15) is 0 Å². The zero-order valence-electron chi connectivity index (χ0n) is 19.7. The van der Waals surface area contributed by atoms with Crippen molar-refractivity contribution in [2.45, 2.75) is 31.5 Å². The highest BCUT2D eigenvalue weighted by atomic mass is 32.1. The summed E-state index contributed by atoms with van der Waals surface area (Å²) in [5, 5.41) is 7.37. The predicted octanol–water partition coefficient (Wildman–Crippen LogP) is 3.68. The Bertz CT molecular complexity index is 1150. The average Bonchev–Trinajstić information content (AvgIpc) is 3.62. The van der Waals surface area contributed by atoms with Crippen LogP contribution in [0.3, 0.4) is 0 Å². The lowest BCUT2D eigenvalue weighted by molar-refractivity contribution is -0.141. The number of nitrogens with one attached hydrogen (secondary N) is 2. The van der Waals surface area contributed by atoms with Crippen LogP contribution in [-0.4, -0.2) is 48.4 Å². The van der Waals surface area contributed by atoms with Crippen molar-refractivity contribution >= 4 is 29.1 Å². The molecular formula is C27H28FN3O4S. The summed E-state index contributed by atoms with van der Waals surface area (Å²) in [6, 6.07) is 17.2. The largest absolute Gasteiger partial charge is 0.376 e. The van der Waals surface area contributed by atoms with Crippen LogP contribution in [-0.2, 0) is 20.9 Å². The van der Waals surface area contributed by atoms with Gasteiger partial charge in [0.1, 0.15) is 11.9 Å². The molecule has 2 N–H and O–H groups in total. The summed E-state index contributed by atoms with van der Waals surface area (Å²) in [7, 11) is 0. The van der Waals surface area contributed by atoms with E-state index in [1.165, 1.54) is 28.4 Å². The van der Waals surface area contributed by atoms with Crippen LogP contribution < -0.4 is 10.6 Å². The first-order valence-electron chi connectivity index (χ1n) is 11.8. The van der Waals surface area contributed by atoms with Crippen molar-refractivity contribution in [1.82, 2.24) is 15.5 Å². The van der Waals surface area contributed by atoms with E-state index in [2.05, 4.69) is 10.6 Å². The van der Waals surface area contributed by atoms with Gasteiger partial charge in [0.15, 0.2) is 0 Å². The molecule has 36 heavy (non-hydrogen) atoms. The molecule has 1 fully saturated rings.